The second-order valence-corrected chi connectivity index (χ2v) is 0.801. The molecule has 2 N–H and O–H groups in total. The van der Waals surface area contributed by atoms with Crippen LogP contribution in [-0.2, 0) is 0 Å². The maximum absolute atomic E-state index is 7.62. The van der Waals surface area contributed by atoms with E-state index in [1.807, 2.05) is 0 Å². The molecule has 0 aromatic carbocycles. The quantitative estimate of drug-likeness (QED) is 0.474. The molecule has 0 heterocycles. The predicted octanol–water partition coefficient (Wildman–Crippen LogP) is 0.0834. The van der Waals surface area contributed by atoms with Gasteiger partial charge >= 0.3 is 0 Å². The highest BCUT2D eigenvalue weighted by Crippen LogP contribution is 1.39. The summed E-state index contributed by atoms with van der Waals surface area (Å²) in [5.74, 6) is 0. The van der Waals surface area contributed by atoms with Crippen molar-refractivity contribution < 1.29 is 10.2 Å². The summed E-state index contributed by atoms with van der Waals surface area (Å²) in [4.78, 5) is 0. The Morgan fingerprint density at radius 3 is 1.25 bits per heavy atom. The lowest BCUT2D eigenvalue weighted by molar-refractivity contribution is 0.186. The van der Waals surface area contributed by atoms with E-state index < -0.39 is 0 Å². The summed E-state index contributed by atoms with van der Waals surface area (Å²) < 4.78 is 0. The lowest BCUT2D eigenvalue weighted by atomic mass is 10.8. The van der Waals surface area contributed by atoms with Crippen LogP contribution in [0.2, 0.25) is 0 Å². The van der Waals surface area contributed by atoms with E-state index in [9.17, 15) is 0 Å². The molecule has 2 nitrogen and oxygen atoms in total. The van der Waals surface area contributed by atoms with Crippen molar-refractivity contribution in [2.45, 2.75) is 0 Å². The van der Waals surface area contributed by atoms with Crippen molar-refractivity contribution in [2.24, 2.45) is 0 Å². The normalized spacial score (nSPS) is 5.25. The van der Waals surface area contributed by atoms with Crippen molar-refractivity contribution >= 4 is 0 Å². The molecule has 0 saturated carbocycles. The van der Waals surface area contributed by atoms with Crippen molar-refractivity contribution in [3.63, 3.8) is 0 Å². The highest BCUT2D eigenvalue weighted by atomic mass is 16.3. The SMILES string of the molecule is C=C=C=C.OCCO. The fourth-order valence-electron chi connectivity index (χ4n) is 0. The number of hydrogen-bond acceptors (Lipinski definition) is 2. The molecule has 8 heavy (non-hydrogen) atoms. The van der Waals surface area contributed by atoms with Crippen LogP contribution >= 0.6 is 0 Å². The van der Waals surface area contributed by atoms with Crippen LogP contribution in [0.4, 0.5) is 0 Å². The molecule has 0 aromatic rings. The van der Waals surface area contributed by atoms with Gasteiger partial charge in [0.1, 0.15) is 0 Å². The van der Waals surface area contributed by atoms with Gasteiger partial charge in [0.2, 0.25) is 0 Å². The minimum atomic E-state index is -0.125. The number of rotatable bonds is 1. The Kier molecular flexibility index (Phi) is 20.9. The summed E-state index contributed by atoms with van der Waals surface area (Å²) in [6.07, 6.45) is 0. The molecule has 46 valence electrons. The van der Waals surface area contributed by atoms with Gasteiger partial charge in [-0.1, -0.05) is 11.5 Å². The van der Waals surface area contributed by atoms with E-state index in [-0.39, 0.29) is 13.2 Å². The molecule has 0 aliphatic rings. The van der Waals surface area contributed by atoms with E-state index in [1.54, 1.807) is 0 Å². The van der Waals surface area contributed by atoms with Crippen molar-refractivity contribution in [2.75, 3.05) is 13.2 Å². The zero-order chi connectivity index (χ0) is 6.83. The molecule has 0 aliphatic heterocycles. The predicted molar refractivity (Wildman–Crippen MR) is 32.5 cm³/mol. The molecule has 0 unspecified atom stereocenters. The Balaban J connectivity index is 0. The third-order valence-electron chi connectivity index (χ3n) is 0.225. The molecule has 0 aliphatic carbocycles. The molecular formula is C6H10O2. The lowest BCUT2D eigenvalue weighted by Gasteiger charge is -1.70. The van der Waals surface area contributed by atoms with Crippen LogP contribution in [0.15, 0.2) is 24.6 Å². The molecule has 0 atom stereocenters. The first-order valence-electron chi connectivity index (χ1n) is 2.09. The summed E-state index contributed by atoms with van der Waals surface area (Å²) in [5.41, 5.74) is 4.64. The molecule has 0 rings (SSSR count). The second-order valence-electron chi connectivity index (χ2n) is 0.801. The van der Waals surface area contributed by atoms with Crippen LogP contribution in [0.3, 0.4) is 0 Å². The number of aliphatic hydroxyl groups excluding tert-OH is 2. The standard InChI is InChI=1S/C4H4.C2H6O2/c1-3-4-2;3-1-2-4/h1-2H2;3-4H,1-2H2. The van der Waals surface area contributed by atoms with Gasteiger partial charge in [-0.2, -0.15) is 0 Å². The summed E-state index contributed by atoms with van der Waals surface area (Å²) in [5, 5.41) is 15.2. The Hall–Kier alpha value is -0.780. The average Bonchev–Trinajstić information content (AvgIpc) is 1.88. The fourth-order valence-corrected chi connectivity index (χ4v) is 0. The zero-order valence-electron chi connectivity index (χ0n) is 4.72. The average molecular weight is 114 g/mol. The van der Waals surface area contributed by atoms with E-state index in [4.69, 9.17) is 10.2 Å². The molecule has 0 bridgehead atoms. The highest BCUT2D eigenvalue weighted by Gasteiger charge is 1.58. The van der Waals surface area contributed by atoms with Gasteiger partial charge in [-0.15, -0.1) is 0 Å². The van der Waals surface area contributed by atoms with Crippen LogP contribution in [0.1, 0.15) is 0 Å². The van der Waals surface area contributed by atoms with Gasteiger partial charge in [-0.05, 0) is 13.2 Å². The van der Waals surface area contributed by atoms with Gasteiger partial charge in [0.25, 0.3) is 0 Å². The molecule has 2 heteroatoms. The van der Waals surface area contributed by atoms with Crippen molar-refractivity contribution in [1.82, 2.24) is 0 Å². The second kappa shape index (κ2) is 16.3. The molecule has 0 spiro atoms. The largest absolute Gasteiger partial charge is 0.394 e. The first-order valence-corrected chi connectivity index (χ1v) is 2.09. The third kappa shape index (κ3) is 62.5. The van der Waals surface area contributed by atoms with Gasteiger partial charge in [0.15, 0.2) is 0 Å². The molecule has 0 saturated heterocycles. The van der Waals surface area contributed by atoms with E-state index >= 15 is 0 Å². The zero-order valence-corrected chi connectivity index (χ0v) is 4.72. The minimum absolute atomic E-state index is 0.125. The Morgan fingerprint density at radius 2 is 1.25 bits per heavy atom. The van der Waals surface area contributed by atoms with E-state index in [1.165, 1.54) is 0 Å². The van der Waals surface area contributed by atoms with Crippen LogP contribution in [0.5, 0.6) is 0 Å². The highest BCUT2D eigenvalue weighted by molar-refractivity contribution is 4.66. The van der Waals surface area contributed by atoms with E-state index in [2.05, 4.69) is 24.6 Å². The summed E-state index contributed by atoms with van der Waals surface area (Å²) in [6.45, 7) is 6.11. The number of hydrogen-bond donors (Lipinski definition) is 2. The maximum atomic E-state index is 7.62. The van der Waals surface area contributed by atoms with Crippen molar-refractivity contribution in [1.29, 1.82) is 0 Å². The molecule has 0 amide bonds. The van der Waals surface area contributed by atoms with Crippen LogP contribution in [0.25, 0.3) is 0 Å². The fraction of sp³-hybridized carbons (Fsp3) is 0.333. The van der Waals surface area contributed by atoms with E-state index in [0.29, 0.717) is 0 Å². The van der Waals surface area contributed by atoms with Crippen LogP contribution < -0.4 is 0 Å². The summed E-state index contributed by atoms with van der Waals surface area (Å²) in [6, 6.07) is 0. The minimum Gasteiger partial charge on any atom is -0.394 e. The Bertz CT molecular complexity index is 74.7. The van der Waals surface area contributed by atoms with Crippen molar-refractivity contribution in [3.8, 4) is 0 Å². The molecule has 0 fully saturated rings. The van der Waals surface area contributed by atoms with Crippen LogP contribution in [-0.4, -0.2) is 23.4 Å². The van der Waals surface area contributed by atoms with Gasteiger partial charge < -0.3 is 10.2 Å². The van der Waals surface area contributed by atoms with Gasteiger partial charge in [-0.25, -0.2) is 0 Å². The Morgan fingerprint density at radius 1 is 1.00 bits per heavy atom. The van der Waals surface area contributed by atoms with E-state index in [0.717, 1.165) is 0 Å². The lowest BCUT2D eigenvalue weighted by Crippen LogP contribution is -1.85. The topological polar surface area (TPSA) is 40.5 Å². The molecule has 0 radical (unpaired) electrons. The summed E-state index contributed by atoms with van der Waals surface area (Å²) >= 11 is 0. The monoisotopic (exact) mass is 114 g/mol. The third-order valence-corrected chi connectivity index (χ3v) is 0.225. The molecular weight excluding hydrogens is 104 g/mol. The first-order chi connectivity index (χ1) is 3.83. The summed E-state index contributed by atoms with van der Waals surface area (Å²) in [7, 11) is 0. The maximum Gasteiger partial charge on any atom is 0.0662 e. The van der Waals surface area contributed by atoms with Crippen LogP contribution in [0, 0.1) is 0 Å². The molecule has 0 aromatic heterocycles. The Labute approximate surface area is 49.1 Å². The first kappa shape index (κ1) is 10.3. The smallest absolute Gasteiger partial charge is 0.0662 e. The van der Waals surface area contributed by atoms with Gasteiger partial charge in [0, 0.05) is 0 Å². The van der Waals surface area contributed by atoms with Gasteiger partial charge in [-0.3, -0.25) is 0 Å². The van der Waals surface area contributed by atoms with Gasteiger partial charge in [0.05, 0.1) is 13.2 Å². The van der Waals surface area contributed by atoms with Crippen molar-refractivity contribution in [3.05, 3.63) is 24.6 Å². The number of aliphatic hydroxyl groups is 2.